The van der Waals surface area contributed by atoms with Crippen LogP contribution in [0.1, 0.15) is 23.6 Å². The average molecular weight is 332 g/mol. The SMILES string of the molecule is Cc1ccc(-c2nnc([C@@H](C)Sc3ccc(F)c(F)c3)o2)cc1. The van der Waals surface area contributed by atoms with E-state index in [1.54, 1.807) is 0 Å². The van der Waals surface area contributed by atoms with Crippen molar-refractivity contribution in [3.63, 3.8) is 0 Å². The molecule has 6 heteroatoms. The van der Waals surface area contributed by atoms with E-state index in [9.17, 15) is 8.78 Å². The maximum Gasteiger partial charge on any atom is 0.247 e. The van der Waals surface area contributed by atoms with Crippen LogP contribution in [0, 0.1) is 18.6 Å². The summed E-state index contributed by atoms with van der Waals surface area (Å²) in [5, 5.41) is 7.92. The molecule has 0 amide bonds. The van der Waals surface area contributed by atoms with Crippen molar-refractivity contribution in [2.45, 2.75) is 24.0 Å². The molecule has 2 aromatic carbocycles. The standard InChI is InChI=1S/C17H14F2N2OS/c1-10-3-5-12(6-4-10)17-21-20-16(22-17)11(2)23-13-7-8-14(18)15(19)9-13/h3-9,11H,1-2H3/t11-/m1/s1. The first-order valence-electron chi connectivity index (χ1n) is 7.05. The fourth-order valence-electron chi connectivity index (χ4n) is 2.02. The molecule has 3 nitrogen and oxygen atoms in total. The molecule has 0 N–H and O–H groups in total. The molecule has 1 heterocycles. The maximum atomic E-state index is 13.3. The lowest BCUT2D eigenvalue weighted by Crippen LogP contribution is -1.90. The van der Waals surface area contributed by atoms with E-state index in [-0.39, 0.29) is 5.25 Å². The summed E-state index contributed by atoms with van der Waals surface area (Å²) in [6, 6.07) is 11.6. The first-order chi connectivity index (χ1) is 11.0. The Kier molecular flexibility index (Phi) is 4.43. The van der Waals surface area contributed by atoms with Gasteiger partial charge in [-0.2, -0.15) is 0 Å². The summed E-state index contributed by atoms with van der Waals surface area (Å²) in [6.45, 7) is 3.88. The van der Waals surface area contributed by atoms with Gasteiger partial charge in [0.05, 0.1) is 5.25 Å². The fraction of sp³-hybridized carbons (Fsp3) is 0.176. The van der Waals surface area contributed by atoms with Crippen molar-refractivity contribution < 1.29 is 13.2 Å². The second kappa shape index (κ2) is 6.50. The van der Waals surface area contributed by atoms with Crippen LogP contribution >= 0.6 is 11.8 Å². The smallest absolute Gasteiger partial charge is 0.247 e. The minimum Gasteiger partial charge on any atom is -0.419 e. The van der Waals surface area contributed by atoms with Crippen LogP contribution in [-0.4, -0.2) is 10.2 Å². The molecule has 0 bridgehead atoms. The van der Waals surface area contributed by atoms with Gasteiger partial charge in [-0.1, -0.05) is 17.7 Å². The van der Waals surface area contributed by atoms with E-state index in [1.807, 2.05) is 38.1 Å². The normalized spacial score (nSPS) is 12.3. The van der Waals surface area contributed by atoms with Gasteiger partial charge < -0.3 is 4.42 Å². The number of aryl methyl sites for hydroxylation is 1. The van der Waals surface area contributed by atoms with E-state index in [4.69, 9.17) is 4.42 Å². The summed E-state index contributed by atoms with van der Waals surface area (Å²) in [5.41, 5.74) is 2.00. The fourth-order valence-corrected chi connectivity index (χ4v) is 2.94. The molecular weight excluding hydrogens is 318 g/mol. The van der Waals surface area contributed by atoms with Gasteiger partial charge in [-0.25, -0.2) is 8.78 Å². The predicted molar refractivity (Wildman–Crippen MR) is 85.1 cm³/mol. The van der Waals surface area contributed by atoms with Crippen LogP contribution in [0.25, 0.3) is 11.5 Å². The van der Waals surface area contributed by atoms with Gasteiger partial charge in [0.2, 0.25) is 11.8 Å². The van der Waals surface area contributed by atoms with Gasteiger partial charge in [-0.05, 0) is 44.2 Å². The number of aromatic nitrogens is 2. The van der Waals surface area contributed by atoms with Crippen molar-refractivity contribution in [2.75, 3.05) is 0 Å². The highest BCUT2D eigenvalue weighted by molar-refractivity contribution is 7.99. The van der Waals surface area contributed by atoms with E-state index < -0.39 is 11.6 Å². The molecule has 0 saturated carbocycles. The molecule has 0 aliphatic heterocycles. The van der Waals surface area contributed by atoms with Gasteiger partial charge in [0.1, 0.15) is 0 Å². The van der Waals surface area contributed by atoms with Crippen LogP contribution in [0.3, 0.4) is 0 Å². The van der Waals surface area contributed by atoms with Crippen molar-refractivity contribution in [1.82, 2.24) is 10.2 Å². The monoisotopic (exact) mass is 332 g/mol. The lowest BCUT2D eigenvalue weighted by molar-refractivity contribution is 0.504. The van der Waals surface area contributed by atoms with E-state index in [0.717, 1.165) is 23.3 Å². The molecule has 0 radical (unpaired) electrons. The number of hydrogen-bond donors (Lipinski definition) is 0. The average Bonchev–Trinajstić information content (AvgIpc) is 3.02. The lowest BCUT2D eigenvalue weighted by Gasteiger charge is -2.06. The predicted octanol–water partition coefficient (Wildman–Crippen LogP) is 5.18. The topological polar surface area (TPSA) is 38.9 Å². The Morgan fingerprint density at radius 3 is 2.43 bits per heavy atom. The number of rotatable bonds is 4. The quantitative estimate of drug-likeness (QED) is 0.617. The van der Waals surface area contributed by atoms with Crippen molar-refractivity contribution in [1.29, 1.82) is 0 Å². The lowest BCUT2D eigenvalue weighted by atomic mass is 10.1. The highest BCUT2D eigenvalue weighted by atomic mass is 32.2. The molecule has 0 aliphatic rings. The number of halogens is 2. The third-order valence-electron chi connectivity index (χ3n) is 3.29. The zero-order chi connectivity index (χ0) is 16.4. The van der Waals surface area contributed by atoms with Crippen molar-refractivity contribution in [3.8, 4) is 11.5 Å². The zero-order valence-corrected chi connectivity index (χ0v) is 13.4. The Bertz CT molecular complexity index is 818. The second-order valence-electron chi connectivity index (χ2n) is 5.15. The van der Waals surface area contributed by atoms with Crippen molar-refractivity contribution in [2.24, 2.45) is 0 Å². The van der Waals surface area contributed by atoms with Crippen LogP contribution in [0.2, 0.25) is 0 Å². The highest BCUT2D eigenvalue weighted by Gasteiger charge is 2.17. The summed E-state index contributed by atoms with van der Waals surface area (Å²) < 4.78 is 31.9. The Morgan fingerprint density at radius 1 is 1.00 bits per heavy atom. The Hall–Kier alpha value is -2.21. The third kappa shape index (κ3) is 3.59. The van der Waals surface area contributed by atoms with E-state index >= 15 is 0 Å². The van der Waals surface area contributed by atoms with Gasteiger partial charge in [0.15, 0.2) is 11.6 Å². The van der Waals surface area contributed by atoms with Crippen LogP contribution in [-0.2, 0) is 0 Å². The first kappa shape index (κ1) is 15.7. The molecule has 118 valence electrons. The molecule has 1 aromatic heterocycles. The van der Waals surface area contributed by atoms with E-state index in [0.29, 0.717) is 16.7 Å². The van der Waals surface area contributed by atoms with Gasteiger partial charge in [-0.3, -0.25) is 0 Å². The molecule has 1 atom stereocenters. The molecule has 0 aliphatic carbocycles. The number of nitrogens with zero attached hydrogens (tertiary/aromatic N) is 2. The van der Waals surface area contributed by atoms with E-state index in [1.165, 1.54) is 17.8 Å². The molecule has 0 unspecified atom stereocenters. The zero-order valence-electron chi connectivity index (χ0n) is 12.6. The Labute approximate surface area is 136 Å². The van der Waals surface area contributed by atoms with Crippen LogP contribution in [0.15, 0.2) is 51.8 Å². The molecule has 0 fully saturated rings. The van der Waals surface area contributed by atoms with Crippen LogP contribution in [0.4, 0.5) is 8.78 Å². The maximum absolute atomic E-state index is 13.3. The van der Waals surface area contributed by atoms with Gasteiger partial charge in [0.25, 0.3) is 0 Å². The molecule has 0 spiro atoms. The molecule has 3 aromatic rings. The molecule has 3 rings (SSSR count). The van der Waals surface area contributed by atoms with Crippen LogP contribution < -0.4 is 0 Å². The number of hydrogen-bond acceptors (Lipinski definition) is 4. The summed E-state index contributed by atoms with van der Waals surface area (Å²) >= 11 is 1.33. The molecule has 23 heavy (non-hydrogen) atoms. The number of benzene rings is 2. The first-order valence-corrected chi connectivity index (χ1v) is 7.93. The van der Waals surface area contributed by atoms with Gasteiger partial charge >= 0.3 is 0 Å². The van der Waals surface area contributed by atoms with Gasteiger partial charge in [0, 0.05) is 10.5 Å². The third-order valence-corrected chi connectivity index (χ3v) is 4.37. The summed E-state index contributed by atoms with van der Waals surface area (Å²) in [7, 11) is 0. The Morgan fingerprint density at radius 2 is 1.74 bits per heavy atom. The van der Waals surface area contributed by atoms with Crippen molar-refractivity contribution >= 4 is 11.8 Å². The summed E-state index contributed by atoms with van der Waals surface area (Å²) in [4.78, 5) is 0.603. The van der Waals surface area contributed by atoms with Gasteiger partial charge in [-0.15, -0.1) is 22.0 Å². The molecular formula is C17H14F2N2OS. The molecule has 0 saturated heterocycles. The van der Waals surface area contributed by atoms with Crippen LogP contribution in [0.5, 0.6) is 0 Å². The second-order valence-corrected chi connectivity index (χ2v) is 6.56. The van der Waals surface area contributed by atoms with E-state index in [2.05, 4.69) is 10.2 Å². The number of thioether (sulfide) groups is 1. The minimum atomic E-state index is -0.868. The Balaban J connectivity index is 1.76. The summed E-state index contributed by atoms with van der Waals surface area (Å²) in [6.07, 6.45) is 0. The highest BCUT2D eigenvalue weighted by Crippen LogP contribution is 2.35. The summed E-state index contributed by atoms with van der Waals surface area (Å²) in [5.74, 6) is -0.845. The minimum absolute atomic E-state index is 0.174. The largest absolute Gasteiger partial charge is 0.419 e. The van der Waals surface area contributed by atoms with Crippen molar-refractivity contribution in [3.05, 3.63) is 65.6 Å².